The SMILES string of the molecule is CCS(=O)(=O)c1ccc(OCC2CC2)c(-c2cn(C)c(=O)cc2C)c1. The van der Waals surface area contributed by atoms with Crippen molar-refractivity contribution in [1.29, 1.82) is 0 Å². The lowest BCUT2D eigenvalue weighted by atomic mass is 10.0. The quantitative estimate of drug-likeness (QED) is 0.793. The van der Waals surface area contributed by atoms with Gasteiger partial charge in [0.05, 0.1) is 17.3 Å². The van der Waals surface area contributed by atoms with Crippen molar-refractivity contribution in [2.24, 2.45) is 13.0 Å². The predicted octanol–water partition coefficient (Wildman–Crippen LogP) is 2.94. The topological polar surface area (TPSA) is 65.4 Å². The Kier molecular flexibility index (Phi) is 4.73. The van der Waals surface area contributed by atoms with Gasteiger partial charge in [-0.15, -0.1) is 0 Å². The number of ether oxygens (including phenoxy) is 1. The highest BCUT2D eigenvalue weighted by molar-refractivity contribution is 7.91. The fourth-order valence-corrected chi connectivity index (χ4v) is 3.61. The summed E-state index contributed by atoms with van der Waals surface area (Å²) < 4.78 is 32.0. The molecule has 1 heterocycles. The Morgan fingerprint density at radius 1 is 1.20 bits per heavy atom. The van der Waals surface area contributed by atoms with Gasteiger partial charge in [-0.25, -0.2) is 8.42 Å². The van der Waals surface area contributed by atoms with Gasteiger partial charge < -0.3 is 9.30 Å². The largest absolute Gasteiger partial charge is 0.493 e. The van der Waals surface area contributed by atoms with Crippen LogP contribution in [0.3, 0.4) is 0 Å². The average Bonchev–Trinajstić information content (AvgIpc) is 3.40. The van der Waals surface area contributed by atoms with Crippen molar-refractivity contribution in [2.45, 2.75) is 31.6 Å². The number of hydrogen-bond donors (Lipinski definition) is 0. The first-order chi connectivity index (χ1) is 11.8. The second kappa shape index (κ2) is 6.67. The van der Waals surface area contributed by atoms with E-state index < -0.39 is 9.84 Å². The van der Waals surface area contributed by atoms with Crippen molar-refractivity contribution in [3.63, 3.8) is 0 Å². The Morgan fingerprint density at radius 2 is 1.92 bits per heavy atom. The van der Waals surface area contributed by atoms with Crippen molar-refractivity contribution in [3.8, 4) is 16.9 Å². The molecule has 0 saturated heterocycles. The molecule has 5 nitrogen and oxygen atoms in total. The molecule has 0 N–H and O–H groups in total. The number of benzene rings is 1. The van der Waals surface area contributed by atoms with Crippen LogP contribution in [0.15, 0.2) is 40.2 Å². The number of pyridine rings is 1. The van der Waals surface area contributed by atoms with Crippen LogP contribution in [0.25, 0.3) is 11.1 Å². The zero-order valence-corrected chi connectivity index (χ0v) is 15.6. The van der Waals surface area contributed by atoms with Crippen molar-refractivity contribution in [1.82, 2.24) is 4.57 Å². The highest BCUT2D eigenvalue weighted by atomic mass is 32.2. The first kappa shape index (κ1) is 17.7. The van der Waals surface area contributed by atoms with Gasteiger partial charge in [0.25, 0.3) is 5.56 Å². The van der Waals surface area contributed by atoms with Crippen LogP contribution >= 0.6 is 0 Å². The van der Waals surface area contributed by atoms with E-state index in [4.69, 9.17) is 4.74 Å². The van der Waals surface area contributed by atoms with Gasteiger partial charge in [0, 0.05) is 30.4 Å². The minimum atomic E-state index is -3.32. The van der Waals surface area contributed by atoms with E-state index in [9.17, 15) is 13.2 Å². The number of aromatic nitrogens is 1. The molecule has 0 atom stereocenters. The summed E-state index contributed by atoms with van der Waals surface area (Å²) in [6.45, 7) is 4.12. The van der Waals surface area contributed by atoms with Gasteiger partial charge in [-0.2, -0.15) is 0 Å². The zero-order valence-electron chi connectivity index (χ0n) is 14.8. The summed E-state index contributed by atoms with van der Waals surface area (Å²) in [6.07, 6.45) is 4.09. The second-order valence-corrected chi connectivity index (χ2v) is 8.91. The van der Waals surface area contributed by atoms with E-state index in [2.05, 4.69) is 0 Å². The maximum atomic E-state index is 12.3. The molecule has 0 spiro atoms. The Hall–Kier alpha value is -2.08. The number of hydrogen-bond acceptors (Lipinski definition) is 4. The van der Waals surface area contributed by atoms with Gasteiger partial charge in [0.1, 0.15) is 5.75 Å². The molecule has 0 radical (unpaired) electrons. The molecule has 3 rings (SSSR count). The van der Waals surface area contributed by atoms with Gasteiger partial charge in [-0.3, -0.25) is 4.79 Å². The molecule has 1 aliphatic carbocycles. The first-order valence-corrected chi connectivity index (χ1v) is 10.1. The molecule has 1 aromatic heterocycles. The molecule has 0 bridgehead atoms. The molecule has 1 aromatic carbocycles. The van der Waals surface area contributed by atoms with Gasteiger partial charge in [0.15, 0.2) is 9.84 Å². The fourth-order valence-electron chi connectivity index (χ4n) is 2.70. The van der Waals surface area contributed by atoms with Crippen LogP contribution in [0, 0.1) is 12.8 Å². The van der Waals surface area contributed by atoms with E-state index in [1.807, 2.05) is 6.92 Å². The molecule has 0 aliphatic heterocycles. The third kappa shape index (κ3) is 3.79. The van der Waals surface area contributed by atoms with Crippen LogP contribution in [-0.2, 0) is 16.9 Å². The minimum absolute atomic E-state index is 0.0426. The van der Waals surface area contributed by atoms with Crippen LogP contribution < -0.4 is 10.3 Å². The minimum Gasteiger partial charge on any atom is -0.493 e. The molecule has 0 unspecified atom stereocenters. The predicted molar refractivity (Wildman–Crippen MR) is 97.8 cm³/mol. The summed E-state index contributed by atoms with van der Waals surface area (Å²) in [6, 6.07) is 6.54. The number of sulfone groups is 1. The smallest absolute Gasteiger partial charge is 0.250 e. The lowest BCUT2D eigenvalue weighted by Crippen LogP contribution is -2.16. The second-order valence-electron chi connectivity index (χ2n) is 6.64. The first-order valence-electron chi connectivity index (χ1n) is 8.49. The Morgan fingerprint density at radius 3 is 2.56 bits per heavy atom. The zero-order chi connectivity index (χ0) is 18.2. The molecule has 6 heteroatoms. The summed E-state index contributed by atoms with van der Waals surface area (Å²) in [5.74, 6) is 1.29. The van der Waals surface area contributed by atoms with E-state index in [0.29, 0.717) is 23.8 Å². The van der Waals surface area contributed by atoms with E-state index in [1.165, 1.54) is 17.4 Å². The number of nitrogens with zero attached hydrogens (tertiary/aromatic N) is 1. The highest BCUT2D eigenvalue weighted by Gasteiger charge is 2.23. The van der Waals surface area contributed by atoms with Crippen LogP contribution in [0.2, 0.25) is 0 Å². The molecule has 134 valence electrons. The number of rotatable bonds is 6. The molecule has 0 amide bonds. The van der Waals surface area contributed by atoms with Gasteiger partial charge in [-0.05, 0) is 49.4 Å². The Balaban J connectivity index is 2.14. The van der Waals surface area contributed by atoms with Crippen molar-refractivity contribution >= 4 is 9.84 Å². The molecular weight excluding hydrogens is 338 g/mol. The lowest BCUT2D eigenvalue weighted by molar-refractivity contribution is 0.301. The van der Waals surface area contributed by atoms with Crippen molar-refractivity contribution in [3.05, 3.63) is 46.4 Å². The van der Waals surface area contributed by atoms with Crippen LogP contribution in [0.5, 0.6) is 5.75 Å². The fraction of sp³-hybridized carbons (Fsp3) is 0.421. The van der Waals surface area contributed by atoms with Gasteiger partial charge >= 0.3 is 0 Å². The van der Waals surface area contributed by atoms with Crippen LogP contribution in [0.4, 0.5) is 0 Å². The standard InChI is InChI=1S/C19H23NO4S/c1-4-25(22,23)15-7-8-18(24-12-14-5-6-14)16(10-15)17-11-20(3)19(21)9-13(17)2/h7-11,14H,4-6,12H2,1-3H3. The summed E-state index contributed by atoms with van der Waals surface area (Å²) in [5, 5.41) is 0. The molecule has 1 fully saturated rings. The molecule has 2 aromatic rings. The Labute approximate surface area is 148 Å². The molecule has 1 saturated carbocycles. The third-order valence-corrected chi connectivity index (χ3v) is 6.32. The van der Waals surface area contributed by atoms with E-state index in [1.54, 1.807) is 44.4 Å². The normalized spacial score (nSPS) is 14.5. The summed E-state index contributed by atoms with van der Waals surface area (Å²) in [7, 11) is -1.64. The summed E-state index contributed by atoms with van der Waals surface area (Å²) in [5.41, 5.74) is 2.22. The Bertz CT molecular complexity index is 956. The lowest BCUT2D eigenvalue weighted by Gasteiger charge is -2.15. The van der Waals surface area contributed by atoms with E-state index in [0.717, 1.165) is 11.1 Å². The van der Waals surface area contributed by atoms with Crippen LogP contribution in [0.1, 0.15) is 25.3 Å². The monoisotopic (exact) mass is 361 g/mol. The van der Waals surface area contributed by atoms with Gasteiger partial charge in [0.2, 0.25) is 0 Å². The molecule has 1 aliphatic rings. The van der Waals surface area contributed by atoms with Crippen molar-refractivity contribution < 1.29 is 13.2 Å². The van der Waals surface area contributed by atoms with E-state index >= 15 is 0 Å². The van der Waals surface area contributed by atoms with E-state index in [-0.39, 0.29) is 16.2 Å². The highest BCUT2D eigenvalue weighted by Crippen LogP contribution is 2.36. The average molecular weight is 361 g/mol. The molecular formula is C19H23NO4S. The maximum absolute atomic E-state index is 12.3. The van der Waals surface area contributed by atoms with Crippen LogP contribution in [-0.4, -0.2) is 25.3 Å². The summed E-state index contributed by atoms with van der Waals surface area (Å²) >= 11 is 0. The summed E-state index contributed by atoms with van der Waals surface area (Å²) in [4.78, 5) is 12.1. The van der Waals surface area contributed by atoms with Crippen molar-refractivity contribution in [2.75, 3.05) is 12.4 Å². The van der Waals surface area contributed by atoms with Gasteiger partial charge in [-0.1, -0.05) is 6.92 Å². The molecule has 25 heavy (non-hydrogen) atoms. The maximum Gasteiger partial charge on any atom is 0.250 e. The number of aryl methyl sites for hydroxylation is 2. The third-order valence-electron chi connectivity index (χ3n) is 4.59.